The Morgan fingerprint density at radius 3 is 2.07 bits per heavy atom. The van der Waals surface area contributed by atoms with E-state index in [9.17, 15) is 30.0 Å². The molecule has 1 saturated heterocycles. The highest BCUT2D eigenvalue weighted by molar-refractivity contribution is 5.70. The van der Waals surface area contributed by atoms with Crippen molar-refractivity contribution < 1.29 is 49.0 Å². The van der Waals surface area contributed by atoms with E-state index in [0.717, 1.165) is 64.2 Å². The number of esters is 2. The number of carbonyl (C=O) groups excluding carboxylic acids is 2. The molecule has 0 amide bonds. The molecular weight excluding hydrogens is 556 g/mol. The standard InChI is InChI=1S/C33H56O10/c1-3-5-7-8-9-10-11-12-13-14-15-16-17-18-20-22-29(36)42-26(24-40-28(35)21-19-6-4-2)25-41-33-32(39)31(38)30(37)27(23-34)43-33/h5,7,9-10,12-13,26-27,30-34,37-39H,3-4,6,8,11,14-25H2,1-2H3/b7-5-,10-9-,13-12-. The Kier molecular flexibility index (Phi) is 22.9. The lowest BCUT2D eigenvalue weighted by atomic mass is 9.99. The van der Waals surface area contributed by atoms with Crippen molar-refractivity contribution in [2.24, 2.45) is 0 Å². The first-order valence-electron chi connectivity index (χ1n) is 16.1. The molecule has 1 fully saturated rings. The summed E-state index contributed by atoms with van der Waals surface area (Å²) in [5.41, 5.74) is 0. The molecular formula is C33H56O10. The monoisotopic (exact) mass is 612 g/mol. The van der Waals surface area contributed by atoms with Crippen LogP contribution in [0.4, 0.5) is 0 Å². The average molecular weight is 613 g/mol. The number of hydrogen-bond acceptors (Lipinski definition) is 10. The summed E-state index contributed by atoms with van der Waals surface area (Å²) in [5, 5.41) is 39.5. The summed E-state index contributed by atoms with van der Waals surface area (Å²) < 4.78 is 21.7. The highest BCUT2D eigenvalue weighted by Crippen LogP contribution is 2.22. The molecule has 6 atom stereocenters. The number of carbonyl (C=O) groups is 2. The lowest BCUT2D eigenvalue weighted by Crippen LogP contribution is -2.59. The van der Waals surface area contributed by atoms with Gasteiger partial charge in [0.05, 0.1) is 13.2 Å². The zero-order valence-corrected chi connectivity index (χ0v) is 26.2. The second kappa shape index (κ2) is 25.3. The van der Waals surface area contributed by atoms with Gasteiger partial charge < -0.3 is 39.4 Å². The van der Waals surface area contributed by atoms with Crippen molar-refractivity contribution in [2.45, 2.75) is 141 Å². The molecule has 0 aliphatic carbocycles. The summed E-state index contributed by atoms with van der Waals surface area (Å²) in [6, 6.07) is 0. The molecule has 0 aromatic carbocycles. The predicted molar refractivity (Wildman–Crippen MR) is 164 cm³/mol. The third-order valence-electron chi connectivity index (χ3n) is 7.04. The lowest BCUT2D eigenvalue weighted by molar-refractivity contribution is -0.305. The molecule has 0 aromatic heterocycles. The molecule has 43 heavy (non-hydrogen) atoms. The number of rotatable bonds is 24. The first-order chi connectivity index (χ1) is 20.8. The Bertz CT molecular complexity index is 810. The molecule has 248 valence electrons. The van der Waals surface area contributed by atoms with E-state index >= 15 is 0 Å². The van der Waals surface area contributed by atoms with Gasteiger partial charge in [-0.15, -0.1) is 0 Å². The number of aliphatic hydroxyl groups excluding tert-OH is 4. The quantitative estimate of drug-likeness (QED) is 0.0700. The van der Waals surface area contributed by atoms with E-state index in [4.69, 9.17) is 18.9 Å². The number of aliphatic hydroxyl groups is 4. The van der Waals surface area contributed by atoms with Gasteiger partial charge in [-0.2, -0.15) is 0 Å². The van der Waals surface area contributed by atoms with E-state index < -0.39 is 55.4 Å². The van der Waals surface area contributed by atoms with Crippen molar-refractivity contribution in [1.29, 1.82) is 0 Å². The molecule has 10 nitrogen and oxygen atoms in total. The van der Waals surface area contributed by atoms with Crippen LogP contribution in [0.15, 0.2) is 36.5 Å². The Morgan fingerprint density at radius 1 is 0.744 bits per heavy atom. The van der Waals surface area contributed by atoms with Gasteiger partial charge in [0.25, 0.3) is 0 Å². The maximum atomic E-state index is 12.5. The van der Waals surface area contributed by atoms with Crippen LogP contribution in [-0.4, -0.2) is 89.0 Å². The SMILES string of the molecule is CC/C=C\C/C=C\C/C=C\CCCCCCCC(=O)OC(COC(=O)CCCCC)COC1OC(CO)C(O)C(O)C1O. The topological polar surface area (TPSA) is 152 Å². The van der Waals surface area contributed by atoms with Crippen LogP contribution in [0.25, 0.3) is 0 Å². The van der Waals surface area contributed by atoms with Gasteiger partial charge in [-0.3, -0.25) is 9.59 Å². The Labute approximate surface area is 257 Å². The third kappa shape index (κ3) is 18.4. The van der Waals surface area contributed by atoms with Crippen LogP contribution >= 0.6 is 0 Å². The molecule has 0 aromatic rings. The van der Waals surface area contributed by atoms with E-state index in [1.54, 1.807) is 0 Å². The molecule has 10 heteroatoms. The normalized spacial score (nSPS) is 23.3. The van der Waals surface area contributed by atoms with Crippen LogP contribution in [0, 0.1) is 0 Å². The Balaban J connectivity index is 2.39. The van der Waals surface area contributed by atoms with E-state index in [1.807, 2.05) is 6.92 Å². The second-order valence-electron chi connectivity index (χ2n) is 10.9. The molecule has 6 unspecified atom stereocenters. The van der Waals surface area contributed by atoms with Crippen molar-refractivity contribution in [1.82, 2.24) is 0 Å². The van der Waals surface area contributed by atoms with Crippen LogP contribution in [0.1, 0.15) is 104 Å². The summed E-state index contributed by atoms with van der Waals surface area (Å²) in [5.74, 6) is -0.862. The third-order valence-corrected chi connectivity index (χ3v) is 7.04. The molecule has 0 radical (unpaired) electrons. The first kappa shape index (κ1) is 38.9. The van der Waals surface area contributed by atoms with Gasteiger partial charge in [0.1, 0.15) is 31.0 Å². The van der Waals surface area contributed by atoms with Gasteiger partial charge in [0.15, 0.2) is 12.4 Å². The van der Waals surface area contributed by atoms with E-state index in [2.05, 4.69) is 43.4 Å². The van der Waals surface area contributed by atoms with Crippen molar-refractivity contribution in [2.75, 3.05) is 19.8 Å². The second-order valence-corrected chi connectivity index (χ2v) is 10.9. The summed E-state index contributed by atoms with van der Waals surface area (Å²) in [4.78, 5) is 24.6. The maximum absolute atomic E-state index is 12.5. The minimum absolute atomic E-state index is 0.209. The summed E-state index contributed by atoms with van der Waals surface area (Å²) >= 11 is 0. The highest BCUT2D eigenvalue weighted by atomic mass is 16.7. The molecule has 1 aliphatic heterocycles. The fourth-order valence-corrected chi connectivity index (χ4v) is 4.43. The van der Waals surface area contributed by atoms with Gasteiger partial charge in [0.2, 0.25) is 0 Å². The zero-order valence-electron chi connectivity index (χ0n) is 26.2. The van der Waals surface area contributed by atoms with Crippen LogP contribution in [0.3, 0.4) is 0 Å². The largest absolute Gasteiger partial charge is 0.462 e. The molecule has 0 saturated carbocycles. The number of hydrogen-bond donors (Lipinski definition) is 4. The van der Waals surface area contributed by atoms with E-state index in [1.165, 1.54) is 0 Å². The zero-order chi connectivity index (χ0) is 31.7. The van der Waals surface area contributed by atoms with Gasteiger partial charge in [-0.1, -0.05) is 82.4 Å². The van der Waals surface area contributed by atoms with Crippen LogP contribution < -0.4 is 0 Å². The van der Waals surface area contributed by atoms with Crippen molar-refractivity contribution in [3.05, 3.63) is 36.5 Å². The van der Waals surface area contributed by atoms with Crippen LogP contribution in [0.5, 0.6) is 0 Å². The van der Waals surface area contributed by atoms with Crippen molar-refractivity contribution >= 4 is 11.9 Å². The molecule has 0 bridgehead atoms. The number of ether oxygens (including phenoxy) is 4. The summed E-state index contributed by atoms with van der Waals surface area (Å²) in [6.07, 6.45) is 16.8. The predicted octanol–water partition coefficient (Wildman–Crippen LogP) is 4.43. The van der Waals surface area contributed by atoms with Crippen LogP contribution in [0.2, 0.25) is 0 Å². The fraction of sp³-hybridized carbons (Fsp3) is 0.758. The molecule has 1 rings (SSSR count). The number of unbranched alkanes of at least 4 members (excludes halogenated alkanes) is 7. The maximum Gasteiger partial charge on any atom is 0.306 e. The van der Waals surface area contributed by atoms with E-state index in [-0.39, 0.29) is 26.1 Å². The van der Waals surface area contributed by atoms with Crippen molar-refractivity contribution in [3.63, 3.8) is 0 Å². The minimum Gasteiger partial charge on any atom is -0.462 e. The van der Waals surface area contributed by atoms with Gasteiger partial charge in [-0.25, -0.2) is 0 Å². The fourth-order valence-electron chi connectivity index (χ4n) is 4.43. The average Bonchev–Trinajstić information content (AvgIpc) is 3.00. The first-order valence-corrected chi connectivity index (χ1v) is 16.1. The van der Waals surface area contributed by atoms with Gasteiger partial charge >= 0.3 is 11.9 Å². The van der Waals surface area contributed by atoms with Crippen molar-refractivity contribution in [3.8, 4) is 0 Å². The number of allylic oxidation sites excluding steroid dienone is 6. The summed E-state index contributed by atoms with van der Waals surface area (Å²) in [7, 11) is 0. The molecule has 4 N–H and O–H groups in total. The minimum atomic E-state index is -1.59. The van der Waals surface area contributed by atoms with E-state index in [0.29, 0.717) is 12.8 Å². The summed E-state index contributed by atoms with van der Waals surface area (Å²) in [6.45, 7) is 3.06. The smallest absolute Gasteiger partial charge is 0.306 e. The Morgan fingerprint density at radius 2 is 1.37 bits per heavy atom. The molecule has 1 aliphatic rings. The van der Waals surface area contributed by atoms with Crippen LogP contribution in [-0.2, 0) is 28.5 Å². The van der Waals surface area contributed by atoms with Gasteiger partial charge in [0, 0.05) is 12.8 Å². The Hall–Kier alpha value is -2.08. The molecule has 0 spiro atoms. The lowest BCUT2D eigenvalue weighted by Gasteiger charge is -2.39. The highest BCUT2D eigenvalue weighted by Gasteiger charge is 2.44. The molecule has 1 heterocycles. The van der Waals surface area contributed by atoms with Gasteiger partial charge in [-0.05, 0) is 44.9 Å².